The first-order chi connectivity index (χ1) is 14.7. The molecule has 0 bridgehead atoms. The van der Waals surface area contributed by atoms with Crippen LogP contribution in [0.15, 0.2) is 72.3 Å². The zero-order valence-corrected chi connectivity index (χ0v) is 16.7. The molecule has 5 heteroatoms. The zero-order valence-electron chi connectivity index (χ0n) is 16.7. The lowest BCUT2D eigenvalue weighted by atomic mass is 9.88. The monoisotopic (exact) mass is 400 g/mol. The maximum Gasteiger partial charge on any atom is 0.335 e. The van der Waals surface area contributed by atoms with Gasteiger partial charge in [0, 0.05) is 17.1 Å². The summed E-state index contributed by atoms with van der Waals surface area (Å²) in [6.45, 7) is 0.201. The average molecular weight is 400 g/mol. The van der Waals surface area contributed by atoms with Crippen LogP contribution in [-0.2, 0) is 9.53 Å². The number of benzene rings is 3. The van der Waals surface area contributed by atoms with Crippen molar-refractivity contribution < 1.29 is 23.7 Å². The van der Waals surface area contributed by atoms with E-state index in [1.54, 1.807) is 7.11 Å². The van der Waals surface area contributed by atoms with E-state index in [4.69, 9.17) is 18.9 Å². The third kappa shape index (κ3) is 2.74. The van der Waals surface area contributed by atoms with E-state index in [1.807, 2.05) is 60.7 Å². The summed E-state index contributed by atoms with van der Waals surface area (Å²) in [5.41, 5.74) is 5.25. The summed E-state index contributed by atoms with van der Waals surface area (Å²) < 4.78 is 21.9. The van der Waals surface area contributed by atoms with E-state index in [1.165, 1.54) is 7.11 Å². The SMILES string of the molecule is COC(=O)C1=C(c2ccccc2OC)c2ccccc2C1c1ccc2c(c1)OCO2. The van der Waals surface area contributed by atoms with Crippen molar-refractivity contribution in [3.8, 4) is 17.2 Å². The van der Waals surface area contributed by atoms with Gasteiger partial charge in [0.2, 0.25) is 6.79 Å². The minimum Gasteiger partial charge on any atom is -0.496 e. The maximum atomic E-state index is 13.1. The van der Waals surface area contributed by atoms with Gasteiger partial charge >= 0.3 is 5.97 Å². The first kappa shape index (κ1) is 18.3. The molecule has 5 nitrogen and oxygen atoms in total. The molecule has 0 fully saturated rings. The molecule has 0 N–H and O–H groups in total. The fourth-order valence-electron chi connectivity index (χ4n) is 4.33. The minimum absolute atomic E-state index is 0.201. The van der Waals surface area contributed by atoms with Crippen LogP contribution in [-0.4, -0.2) is 27.0 Å². The molecule has 5 rings (SSSR count). The van der Waals surface area contributed by atoms with Crippen LogP contribution >= 0.6 is 0 Å². The van der Waals surface area contributed by atoms with E-state index in [-0.39, 0.29) is 18.7 Å². The summed E-state index contributed by atoms with van der Waals surface area (Å²) >= 11 is 0. The molecule has 1 aliphatic carbocycles. The Morgan fingerprint density at radius 3 is 2.43 bits per heavy atom. The number of esters is 1. The Kier molecular flexibility index (Phi) is 4.43. The number of hydrogen-bond acceptors (Lipinski definition) is 5. The molecule has 0 amide bonds. The van der Waals surface area contributed by atoms with Crippen molar-refractivity contribution in [3.63, 3.8) is 0 Å². The van der Waals surface area contributed by atoms with Gasteiger partial charge in [0.05, 0.1) is 19.8 Å². The molecule has 1 unspecified atom stereocenters. The Morgan fingerprint density at radius 2 is 1.63 bits per heavy atom. The molecule has 150 valence electrons. The van der Waals surface area contributed by atoms with E-state index in [0.29, 0.717) is 22.8 Å². The van der Waals surface area contributed by atoms with Crippen LogP contribution in [0.4, 0.5) is 0 Å². The highest BCUT2D eigenvalue weighted by molar-refractivity contribution is 6.08. The van der Waals surface area contributed by atoms with Crippen molar-refractivity contribution in [2.24, 2.45) is 0 Å². The van der Waals surface area contributed by atoms with Crippen LogP contribution in [0.5, 0.6) is 17.2 Å². The number of fused-ring (bicyclic) bond motifs is 2. The van der Waals surface area contributed by atoms with Gasteiger partial charge in [-0.15, -0.1) is 0 Å². The van der Waals surface area contributed by atoms with E-state index in [2.05, 4.69) is 6.07 Å². The van der Waals surface area contributed by atoms with Crippen LogP contribution in [0.3, 0.4) is 0 Å². The molecule has 30 heavy (non-hydrogen) atoms. The molecule has 0 saturated heterocycles. The summed E-state index contributed by atoms with van der Waals surface area (Å²) in [7, 11) is 3.04. The first-order valence-electron chi connectivity index (χ1n) is 9.67. The highest BCUT2D eigenvalue weighted by Gasteiger charge is 2.38. The molecule has 0 saturated carbocycles. The molecule has 3 aromatic carbocycles. The third-order valence-electron chi connectivity index (χ3n) is 5.61. The minimum atomic E-state index is -0.366. The Hall–Kier alpha value is -3.73. The number of methoxy groups -OCH3 is 2. The molecular formula is C25H20O5. The van der Waals surface area contributed by atoms with Gasteiger partial charge in [-0.05, 0) is 34.9 Å². The molecule has 1 heterocycles. The van der Waals surface area contributed by atoms with Crippen LogP contribution in [0.25, 0.3) is 5.57 Å². The molecule has 1 aliphatic heterocycles. The van der Waals surface area contributed by atoms with Crippen LogP contribution < -0.4 is 14.2 Å². The van der Waals surface area contributed by atoms with E-state index in [0.717, 1.165) is 27.8 Å². The van der Waals surface area contributed by atoms with Crippen LogP contribution in [0, 0.1) is 0 Å². The molecule has 3 aromatic rings. The largest absolute Gasteiger partial charge is 0.496 e. The van der Waals surface area contributed by atoms with Gasteiger partial charge in [0.15, 0.2) is 11.5 Å². The number of hydrogen-bond donors (Lipinski definition) is 0. The Bertz CT molecular complexity index is 1180. The van der Waals surface area contributed by atoms with Crippen molar-refractivity contribution in [1.82, 2.24) is 0 Å². The zero-order chi connectivity index (χ0) is 20.7. The highest BCUT2D eigenvalue weighted by atomic mass is 16.7. The first-order valence-corrected chi connectivity index (χ1v) is 9.67. The number of carbonyl (C=O) groups excluding carboxylic acids is 1. The van der Waals surface area contributed by atoms with Crippen molar-refractivity contribution >= 4 is 11.5 Å². The summed E-state index contributed by atoms with van der Waals surface area (Å²) in [5, 5.41) is 0. The molecule has 0 aromatic heterocycles. The maximum absolute atomic E-state index is 13.1. The summed E-state index contributed by atoms with van der Waals surface area (Å²) in [5.74, 6) is 1.44. The predicted octanol–water partition coefficient (Wildman–Crippen LogP) is 4.54. The normalized spacial score (nSPS) is 16.4. The molecule has 1 atom stereocenters. The van der Waals surface area contributed by atoms with Crippen molar-refractivity contribution in [3.05, 3.63) is 94.6 Å². The smallest absolute Gasteiger partial charge is 0.335 e. The number of rotatable bonds is 4. The topological polar surface area (TPSA) is 54.0 Å². The fourth-order valence-corrected chi connectivity index (χ4v) is 4.33. The predicted molar refractivity (Wildman–Crippen MR) is 112 cm³/mol. The number of carbonyl (C=O) groups is 1. The Labute approximate surface area is 174 Å². The summed E-state index contributed by atoms with van der Waals surface area (Å²) in [4.78, 5) is 13.1. The van der Waals surface area contributed by atoms with Gasteiger partial charge in [0.25, 0.3) is 0 Å². The lowest BCUT2D eigenvalue weighted by Crippen LogP contribution is -2.13. The highest BCUT2D eigenvalue weighted by Crippen LogP contribution is 2.51. The molecule has 0 spiro atoms. The quantitative estimate of drug-likeness (QED) is 0.602. The molecule has 0 radical (unpaired) electrons. The number of para-hydroxylation sites is 1. The van der Waals surface area contributed by atoms with Crippen molar-refractivity contribution in [2.75, 3.05) is 21.0 Å². The van der Waals surface area contributed by atoms with Gasteiger partial charge in [-0.2, -0.15) is 0 Å². The molecular weight excluding hydrogens is 380 g/mol. The van der Waals surface area contributed by atoms with Gasteiger partial charge < -0.3 is 18.9 Å². The van der Waals surface area contributed by atoms with Gasteiger partial charge in [-0.25, -0.2) is 4.79 Å². The third-order valence-corrected chi connectivity index (χ3v) is 5.61. The van der Waals surface area contributed by atoms with Gasteiger partial charge in [-0.1, -0.05) is 48.5 Å². The van der Waals surface area contributed by atoms with Crippen molar-refractivity contribution in [2.45, 2.75) is 5.92 Å². The van der Waals surface area contributed by atoms with E-state index >= 15 is 0 Å². The molecule has 2 aliphatic rings. The van der Waals surface area contributed by atoms with Gasteiger partial charge in [-0.3, -0.25) is 0 Å². The number of ether oxygens (including phenoxy) is 4. The second kappa shape index (κ2) is 7.26. The van der Waals surface area contributed by atoms with E-state index in [9.17, 15) is 4.79 Å². The second-order valence-electron chi connectivity index (χ2n) is 7.11. The standard InChI is InChI=1S/C25H20O5/c1-27-19-10-6-5-9-18(19)23-17-8-4-3-7-16(17)22(24(23)25(26)28-2)15-11-12-20-21(13-15)30-14-29-20/h3-13,22H,14H2,1-2H3. The lowest BCUT2D eigenvalue weighted by molar-refractivity contribution is -0.136. The van der Waals surface area contributed by atoms with E-state index < -0.39 is 0 Å². The fraction of sp³-hybridized carbons (Fsp3) is 0.160. The summed E-state index contributed by atoms with van der Waals surface area (Å²) in [6.07, 6.45) is 0. The van der Waals surface area contributed by atoms with Crippen LogP contribution in [0.1, 0.15) is 28.2 Å². The Morgan fingerprint density at radius 1 is 0.900 bits per heavy atom. The summed E-state index contributed by atoms with van der Waals surface area (Å²) in [6, 6.07) is 21.6. The second-order valence-corrected chi connectivity index (χ2v) is 7.11. The lowest BCUT2D eigenvalue weighted by Gasteiger charge is -2.17. The van der Waals surface area contributed by atoms with Crippen LogP contribution in [0.2, 0.25) is 0 Å². The Balaban J connectivity index is 1.79. The van der Waals surface area contributed by atoms with Gasteiger partial charge in [0.1, 0.15) is 5.75 Å². The van der Waals surface area contributed by atoms with Crippen molar-refractivity contribution in [1.29, 1.82) is 0 Å². The average Bonchev–Trinajstić information content (AvgIpc) is 3.40.